The van der Waals surface area contributed by atoms with E-state index in [-0.39, 0.29) is 11.8 Å². The highest BCUT2D eigenvalue weighted by Crippen LogP contribution is 2.49. The van der Waals surface area contributed by atoms with Crippen molar-refractivity contribution < 1.29 is 14.7 Å². The summed E-state index contributed by atoms with van der Waals surface area (Å²) in [6.45, 7) is 5.83. The van der Waals surface area contributed by atoms with Crippen molar-refractivity contribution in [2.24, 2.45) is 5.92 Å². The van der Waals surface area contributed by atoms with Crippen LogP contribution in [0.25, 0.3) is 0 Å². The summed E-state index contributed by atoms with van der Waals surface area (Å²) < 4.78 is 0. The van der Waals surface area contributed by atoms with Crippen molar-refractivity contribution in [1.82, 2.24) is 0 Å². The lowest BCUT2D eigenvalue weighted by Gasteiger charge is -2.28. The van der Waals surface area contributed by atoms with E-state index < -0.39 is 17.3 Å². The van der Waals surface area contributed by atoms with Crippen LogP contribution in [0, 0.1) is 26.7 Å². The highest BCUT2D eigenvalue weighted by Gasteiger charge is 2.54. The molecule has 4 rings (SSSR count). The van der Waals surface area contributed by atoms with Gasteiger partial charge in [0.15, 0.2) is 0 Å². The highest BCUT2D eigenvalue weighted by atomic mass is 32.2. The standard InChI is InChI=1S/C20H19NO3S/c1-10-4-5-15-14(9-10)17(22)16-18(25-15)20(24)21(19(16)23)13-7-11(2)6-12(3)8-13/h4-9,16-18,22H,1-3H3/t16-,17+,18+/m1/s1. The summed E-state index contributed by atoms with van der Waals surface area (Å²) in [5, 5.41) is 10.2. The molecule has 0 spiro atoms. The van der Waals surface area contributed by atoms with Crippen molar-refractivity contribution in [1.29, 1.82) is 0 Å². The molecule has 0 saturated carbocycles. The Morgan fingerprint density at radius 2 is 1.60 bits per heavy atom. The Balaban J connectivity index is 1.78. The van der Waals surface area contributed by atoms with Crippen LogP contribution in [0.2, 0.25) is 0 Å². The van der Waals surface area contributed by atoms with Gasteiger partial charge in [0, 0.05) is 4.90 Å². The van der Waals surface area contributed by atoms with Crippen LogP contribution in [0.1, 0.15) is 28.4 Å². The van der Waals surface area contributed by atoms with Gasteiger partial charge in [-0.3, -0.25) is 9.59 Å². The molecule has 1 saturated heterocycles. The molecule has 0 unspecified atom stereocenters. The molecular formula is C20H19NO3S. The molecule has 0 aliphatic carbocycles. The number of amides is 2. The van der Waals surface area contributed by atoms with Crippen LogP contribution in [-0.4, -0.2) is 22.2 Å². The van der Waals surface area contributed by atoms with Crippen molar-refractivity contribution in [2.45, 2.75) is 37.0 Å². The molecule has 2 aromatic carbocycles. The number of anilines is 1. The predicted octanol–water partition coefficient (Wildman–Crippen LogP) is 3.31. The second-order valence-electron chi connectivity index (χ2n) is 6.91. The highest BCUT2D eigenvalue weighted by molar-refractivity contribution is 8.00. The first-order valence-corrected chi connectivity index (χ1v) is 9.16. The number of hydrogen-bond acceptors (Lipinski definition) is 4. The number of imide groups is 1. The van der Waals surface area contributed by atoms with Gasteiger partial charge in [0.25, 0.3) is 0 Å². The molecule has 4 nitrogen and oxygen atoms in total. The van der Waals surface area contributed by atoms with E-state index in [4.69, 9.17) is 0 Å². The van der Waals surface area contributed by atoms with Crippen LogP contribution in [0.15, 0.2) is 41.3 Å². The molecule has 3 atom stereocenters. The minimum atomic E-state index is -0.950. The lowest BCUT2D eigenvalue weighted by Crippen LogP contribution is -2.32. The third-order valence-corrected chi connectivity index (χ3v) is 6.21. The lowest BCUT2D eigenvalue weighted by atomic mass is 9.92. The summed E-state index contributed by atoms with van der Waals surface area (Å²) in [7, 11) is 0. The number of fused-ring (bicyclic) bond motifs is 2. The molecule has 5 heteroatoms. The van der Waals surface area contributed by atoms with Gasteiger partial charge in [-0.2, -0.15) is 0 Å². The molecule has 0 radical (unpaired) electrons. The monoisotopic (exact) mass is 353 g/mol. The van der Waals surface area contributed by atoms with Gasteiger partial charge >= 0.3 is 0 Å². The van der Waals surface area contributed by atoms with Crippen LogP contribution < -0.4 is 4.90 Å². The fraction of sp³-hybridized carbons (Fsp3) is 0.300. The van der Waals surface area contributed by atoms with Crippen molar-refractivity contribution >= 4 is 29.3 Å². The summed E-state index contributed by atoms with van der Waals surface area (Å²) in [5.74, 6) is -1.28. The Kier molecular flexibility index (Phi) is 3.74. The smallest absolute Gasteiger partial charge is 0.248 e. The molecule has 2 aliphatic rings. The normalized spacial score (nSPS) is 25.1. The maximum atomic E-state index is 13.0. The quantitative estimate of drug-likeness (QED) is 0.799. The number of benzene rings is 2. The minimum Gasteiger partial charge on any atom is -0.387 e. The number of aliphatic hydroxyl groups excluding tert-OH is 1. The number of hydrogen-bond donors (Lipinski definition) is 1. The number of aliphatic hydroxyl groups is 1. The van der Waals surface area contributed by atoms with Crippen LogP contribution in [0.4, 0.5) is 5.69 Å². The van der Waals surface area contributed by atoms with Crippen molar-refractivity contribution in [2.75, 3.05) is 4.90 Å². The van der Waals surface area contributed by atoms with Gasteiger partial charge in [0.2, 0.25) is 11.8 Å². The van der Waals surface area contributed by atoms with Crippen LogP contribution in [-0.2, 0) is 9.59 Å². The van der Waals surface area contributed by atoms with Crippen molar-refractivity contribution in [3.05, 3.63) is 58.7 Å². The molecule has 2 aliphatic heterocycles. The number of aryl methyl sites for hydroxylation is 3. The SMILES string of the molecule is Cc1cc(C)cc(N2C(=O)[C@H]3[C@H](Sc4ccc(C)cc4[C@@H]3O)C2=O)c1. The average Bonchev–Trinajstić information content (AvgIpc) is 2.78. The Morgan fingerprint density at radius 3 is 2.28 bits per heavy atom. The van der Waals surface area contributed by atoms with Gasteiger partial charge in [-0.25, -0.2) is 4.90 Å². The van der Waals surface area contributed by atoms with Gasteiger partial charge in [0.1, 0.15) is 5.25 Å². The van der Waals surface area contributed by atoms with E-state index >= 15 is 0 Å². The molecule has 2 heterocycles. The Bertz CT molecular complexity index is 888. The first kappa shape index (κ1) is 16.4. The molecule has 0 aromatic heterocycles. The molecule has 1 N–H and O–H groups in total. The summed E-state index contributed by atoms with van der Waals surface area (Å²) >= 11 is 1.39. The molecule has 2 amide bonds. The molecule has 1 fully saturated rings. The molecular weight excluding hydrogens is 334 g/mol. The Labute approximate surface area is 150 Å². The van der Waals surface area contributed by atoms with Crippen LogP contribution in [0.5, 0.6) is 0 Å². The number of nitrogens with zero attached hydrogens (tertiary/aromatic N) is 1. The molecule has 0 bridgehead atoms. The van der Waals surface area contributed by atoms with E-state index in [0.29, 0.717) is 5.69 Å². The fourth-order valence-electron chi connectivity index (χ4n) is 3.76. The maximum Gasteiger partial charge on any atom is 0.248 e. The zero-order valence-corrected chi connectivity index (χ0v) is 15.1. The zero-order chi connectivity index (χ0) is 17.9. The van der Waals surface area contributed by atoms with E-state index in [9.17, 15) is 14.7 Å². The number of carbonyl (C=O) groups is 2. The van der Waals surface area contributed by atoms with E-state index in [1.54, 1.807) is 0 Å². The zero-order valence-electron chi connectivity index (χ0n) is 14.3. The Morgan fingerprint density at radius 1 is 0.920 bits per heavy atom. The minimum absolute atomic E-state index is 0.240. The van der Waals surface area contributed by atoms with E-state index in [1.807, 2.05) is 57.2 Å². The molecule has 128 valence electrons. The van der Waals surface area contributed by atoms with E-state index in [2.05, 4.69) is 0 Å². The van der Waals surface area contributed by atoms with Gasteiger partial charge in [0.05, 0.1) is 17.7 Å². The molecule has 2 aromatic rings. The largest absolute Gasteiger partial charge is 0.387 e. The summed E-state index contributed by atoms with van der Waals surface area (Å²) in [6.07, 6.45) is -0.950. The molecule has 25 heavy (non-hydrogen) atoms. The van der Waals surface area contributed by atoms with Gasteiger partial charge in [-0.1, -0.05) is 23.8 Å². The fourth-order valence-corrected chi connectivity index (χ4v) is 5.12. The van der Waals surface area contributed by atoms with Gasteiger partial charge < -0.3 is 5.11 Å². The first-order valence-electron chi connectivity index (χ1n) is 8.28. The lowest BCUT2D eigenvalue weighted by molar-refractivity contribution is -0.124. The van der Waals surface area contributed by atoms with Crippen molar-refractivity contribution in [3.63, 3.8) is 0 Å². The van der Waals surface area contributed by atoms with Gasteiger partial charge in [-0.05, 0) is 55.7 Å². The third-order valence-electron chi connectivity index (χ3n) is 4.84. The summed E-state index contributed by atoms with van der Waals surface area (Å²) in [5.41, 5.74) is 4.36. The first-order chi connectivity index (χ1) is 11.9. The second kappa shape index (κ2) is 5.71. The van der Waals surface area contributed by atoms with E-state index in [0.717, 1.165) is 27.1 Å². The summed E-state index contributed by atoms with van der Waals surface area (Å²) in [4.78, 5) is 28.1. The number of carbonyl (C=O) groups excluding carboxylic acids is 2. The third kappa shape index (κ3) is 2.50. The second-order valence-corrected chi connectivity index (χ2v) is 8.09. The number of rotatable bonds is 1. The topological polar surface area (TPSA) is 57.6 Å². The number of thioether (sulfide) groups is 1. The van der Waals surface area contributed by atoms with Crippen LogP contribution in [0.3, 0.4) is 0 Å². The summed E-state index contributed by atoms with van der Waals surface area (Å²) in [6, 6.07) is 11.5. The van der Waals surface area contributed by atoms with Crippen molar-refractivity contribution in [3.8, 4) is 0 Å². The van der Waals surface area contributed by atoms with Crippen LogP contribution >= 0.6 is 11.8 Å². The predicted molar refractivity (Wildman–Crippen MR) is 97.7 cm³/mol. The average molecular weight is 353 g/mol. The Hall–Kier alpha value is -2.11. The van der Waals surface area contributed by atoms with Gasteiger partial charge in [-0.15, -0.1) is 11.8 Å². The maximum absolute atomic E-state index is 13.0. The van der Waals surface area contributed by atoms with E-state index in [1.165, 1.54) is 16.7 Å².